The maximum absolute atomic E-state index is 12.0. The Morgan fingerprint density at radius 1 is 1.07 bits per heavy atom. The molecule has 0 spiro atoms. The largest absolute Gasteiger partial charge is 0.484 e. The SMILES string of the molecule is CN1CCN(c2ccc(NC(=S)NC(=O)COc3ccc(Cl)cc3)cc2)CC1. The van der Waals surface area contributed by atoms with Gasteiger partial charge in [-0.3, -0.25) is 10.1 Å². The number of anilines is 2. The van der Waals surface area contributed by atoms with Crippen molar-refractivity contribution in [2.45, 2.75) is 0 Å². The number of thiocarbonyl (C=S) groups is 1. The standard InChI is InChI=1S/C20H23ClN4O2S/c1-24-10-12-25(13-11-24)17-6-4-16(5-7-17)22-20(28)23-19(26)14-27-18-8-2-15(21)3-9-18/h2-9H,10-14H2,1H3,(H2,22,23,26,28). The molecule has 1 aliphatic heterocycles. The van der Waals surface area contributed by atoms with Gasteiger partial charge in [-0.1, -0.05) is 11.6 Å². The molecule has 6 nitrogen and oxygen atoms in total. The Bertz CT molecular complexity index is 806. The molecule has 0 atom stereocenters. The molecule has 1 fully saturated rings. The van der Waals surface area contributed by atoms with E-state index in [9.17, 15) is 4.79 Å². The Morgan fingerprint density at radius 2 is 1.71 bits per heavy atom. The van der Waals surface area contributed by atoms with E-state index in [1.54, 1.807) is 24.3 Å². The maximum atomic E-state index is 12.0. The molecule has 28 heavy (non-hydrogen) atoms. The predicted octanol–water partition coefficient (Wildman–Crippen LogP) is 2.98. The molecule has 0 aromatic heterocycles. The van der Waals surface area contributed by atoms with Crippen LogP contribution in [0.1, 0.15) is 0 Å². The van der Waals surface area contributed by atoms with Crippen LogP contribution in [-0.2, 0) is 4.79 Å². The van der Waals surface area contributed by atoms with Gasteiger partial charge in [-0.05, 0) is 67.8 Å². The highest BCUT2D eigenvalue weighted by Crippen LogP contribution is 2.19. The van der Waals surface area contributed by atoms with Crippen molar-refractivity contribution in [1.82, 2.24) is 10.2 Å². The van der Waals surface area contributed by atoms with Crippen molar-refractivity contribution >= 4 is 46.2 Å². The van der Waals surface area contributed by atoms with Gasteiger partial charge in [0.05, 0.1) is 0 Å². The van der Waals surface area contributed by atoms with Crippen LogP contribution in [0.15, 0.2) is 48.5 Å². The number of nitrogens with one attached hydrogen (secondary N) is 2. The minimum atomic E-state index is -0.332. The number of rotatable bonds is 5. The van der Waals surface area contributed by atoms with Crippen molar-refractivity contribution in [2.75, 3.05) is 50.1 Å². The highest BCUT2D eigenvalue weighted by Gasteiger charge is 2.14. The number of likely N-dealkylation sites (N-methyl/N-ethyl adjacent to an activating group) is 1. The topological polar surface area (TPSA) is 56.8 Å². The number of benzene rings is 2. The third kappa shape index (κ3) is 6.09. The van der Waals surface area contributed by atoms with Gasteiger partial charge < -0.3 is 19.9 Å². The molecule has 3 rings (SSSR count). The molecular weight excluding hydrogens is 396 g/mol. The molecule has 8 heteroatoms. The fraction of sp³-hybridized carbons (Fsp3) is 0.300. The minimum absolute atomic E-state index is 0.133. The zero-order valence-corrected chi connectivity index (χ0v) is 17.2. The fourth-order valence-electron chi connectivity index (χ4n) is 2.82. The van der Waals surface area contributed by atoms with Gasteiger partial charge in [-0.2, -0.15) is 0 Å². The second kappa shape index (κ2) is 9.73. The lowest BCUT2D eigenvalue weighted by Crippen LogP contribution is -2.44. The van der Waals surface area contributed by atoms with Crippen LogP contribution in [0.4, 0.5) is 11.4 Å². The van der Waals surface area contributed by atoms with Crippen LogP contribution < -0.4 is 20.3 Å². The van der Waals surface area contributed by atoms with Crippen molar-refractivity contribution in [3.63, 3.8) is 0 Å². The summed E-state index contributed by atoms with van der Waals surface area (Å²) >= 11 is 11.0. The number of ether oxygens (including phenoxy) is 1. The normalized spacial score (nSPS) is 14.4. The van der Waals surface area contributed by atoms with Crippen LogP contribution in [-0.4, -0.2) is 55.8 Å². The molecule has 1 saturated heterocycles. The van der Waals surface area contributed by atoms with Crippen LogP contribution in [0.2, 0.25) is 5.02 Å². The number of carbonyl (C=O) groups is 1. The first-order valence-electron chi connectivity index (χ1n) is 9.02. The van der Waals surface area contributed by atoms with E-state index in [1.807, 2.05) is 12.1 Å². The van der Waals surface area contributed by atoms with E-state index < -0.39 is 0 Å². The summed E-state index contributed by atoms with van der Waals surface area (Å²) in [6, 6.07) is 14.8. The van der Waals surface area contributed by atoms with Gasteiger partial charge in [0.1, 0.15) is 5.75 Å². The number of amides is 1. The fourth-order valence-corrected chi connectivity index (χ4v) is 3.18. The smallest absolute Gasteiger partial charge is 0.264 e. The van der Waals surface area contributed by atoms with Gasteiger partial charge in [0.2, 0.25) is 0 Å². The number of piperazine rings is 1. The highest BCUT2D eigenvalue weighted by atomic mass is 35.5. The third-order valence-electron chi connectivity index (χ3n) is 4.43. The second-order valence-electron chi connectivity index (χ2n) is 6.58. The van der Waals surface area contributed by atoms with Gasteiger partial charge in [0, 0.05) is 42.6 Å². The molecule has 1 aliphatic rings. The molecular formula is C20H23ClN4O2S. The summed E-state index contributed by atoms with van der Waals surface area (Å²) in [5.41, 5.74) is 2.01. The quantitative estimate of drug-likeness (QED) is 0.728. The van der Waals surface area contributed by atoms with Gasteiger partial charge >= 0.3 is 0 Å². The van der Waals surface area contributed by atoms with Crippen LogP contribution in [0.5, 0.6) is 5.75 Å². The van der Waals surface area contributed by atoms with Crippen LogP contribution in [0, 0.1) is 0 Å². The average Bonchev–Trinajstić information content (AvgIpc) is 2.69. The number of hydrogen-bond donors (Lipinski definition) is 2. The van der Waals surface area contributed by atoms with E-state index in [2.05, 4.69) is 39.6 Å². The van der Waals surface area contributed by atoms with Crippen molar-refractivity contribution in [2.24, 2.45) is 0 Å². The van der Waals surface area contributed by atoms with E-state index >= 15 is 0 Å². The van der Waals surface area contributed by atoms with Crippen molar-refractivity contribution in [3.8, 4) is 5.75 Å². The molecule has 0 saturated carbocycles. The summed E-state index contributed by atoms with van der Waals surface area (Å²) in [5.74, 6) is 0.236. The molecule has 0 bridgehead atoms. The summed E-state index contributed by atoms with van der Waals surface area (Å²) in [6.07, 6.45) is 0. The summed E-state index contributed by atoms with van der Waals surface area (Å²) in [6.45, 7) is 4.03. The molecule has 1 amide bonds. The first-order valence-corrected chi connectivity index (χ1v) is 9.81. The highest BCUT2D eigenvalue weighted by molar-refractivity contribution is 7.80. The summed E-state index contributed by atoms with van der Waals surface area (Å²) in [7, 11) is 2.14. The van der Waals surface area contributed by atoms with E-state index in [4.69, 9.17) is 28.6 Å². The van der Waals surface area contributed by atoms with E-state index in [0.29, 0.717) is 10.8 Å². The molecule has 0 radical (unpaired) electrons. The van der Waals surface area contributed by atoms with Gasteiger partial charge in [-0.25, -0.2) is 0 Å². The van der Waals surface area contributed by atoms with E-state index in [-0.39, 0.29) is 17.6 Å². The van der Waals surface area contributed by atoms with Crippen molar-refractivity contribution in [3.05, 3.63) is 53.6 Å². The number of carbonyl (C=O) groups excluding carboxylic acids is 1. The van der Waals surface area contributed by atoms with Crippen LogP contribution in [0.3, 0.4) is 0 Å². The second-order valence-corrected chi connectivity index (χ2v) is 7.43. The molecule has 2 N–H and O–H groups in total. The van der Waals surface area contributed by atoms with E-state index in [1.165, 1.54) is 5.69 Å². The number of nitrogens with zero attached hydrogens (tertiary/aromatic N) is 2. The van der Waals surface area contributed by atoms with Crippen LogP contribution in [0.25, 0.3) is 0 Å². The Labute approximate surface area is 175 Å². The predicted molar refractivity (Wildman–Crippen MR) is 117 cm³/mol. The van der Waals surface area contributed by atoms with Crippen LogP contribution >= 0.6 is 23.8 Å². The Kier molecular flexibility index (Phi) is 7.08. The monoisotopic (exact) mass is 418 g/mol. The number of halogens is 1. The van der Waals surface area contributed by atoms with Gasteiger partial charge in [-0.15, -0.1) is 0 Å². The first kappa shape index (κ1) is 20.4. The lowest BCUT2D eigenvalue weighted by atomic mass is 10.2. The zero-order valence-electron chi connectivity index (χ0n) is 15.7. The number of hydrogen-bond acceptors (Lipinski definition) is 5. The molecule has 2 aromatic rings. The maximum Gasteiger partial charge on any atom is 0.264 e. The third-order valence-corrected chi connectivity index (χ3v) is 4.89. The molecule has 148 valence electrons. The Morgan fingerprint density at radius 3 is 2.36 bits per heavy atom. The van der Waals surface area contributed by atoms with E-state index in [0.717, 1.165) is 31.9 Å². The van der Waals surface area contributed by atoms with Gasteiger partial charge in [0.25, 0.3) is 5.91 Å². The van der Waals surface area contributed by atoms with Crippen molar-refractivity contribution < 1.29 is 9.53 Å². The van der Waals surface area contributed by atoms with Gasteiger partial charge in [0.15, 0.2) is 11.7 Å². The molecule has 0 aliphatic carbocycles. The van der Waals surface area contributed by atoms with Crippen molar-refractivity contribution in [1.29, 1.82) is 0 Å². The summed E-state index contributed by atoms with van der Waals surface area (Å²) in [4.78, 5) is 16.7. The zero-order chi connectivity index (χ0) is 19.9. The molecule has 0 unspecified atom stereocenters. The summed E-state index contributed by atoms with van der Waals surface area (Å²) in [5, 5.41) is 6.47. The summed E-state index contributed by atoms with van der Waals surface area (Å²) < 4.78 is 5.40. The Balaban J connectivity index is 1.43. The Hall–Kier alpha value is -2.35. The molecule has 1 heterocycles. The average molecular weight is 419 g/mol. The first-order chi connectivity index (χ1) is 13.5. The lowest BCUT2D eigenvalue weighted by molar-refractivity contribution is -0.121. The lowest BCUT2D eigenvalue weighted by Gasteiger charge is -2.34. The minimum Gasteiger partial charge on any atom is -0.484 e. The molecule has 2 aromatic carbocycles.